The second-order valence-electron chi connectivity index (χ2n) is 3.18. The van der Waals surface area contributed by atoms with Crippen LogP contribution in [0.1, 0.15) is 5.56 Å². The molecule has 4 nitrogen and oxygen atoms in total. The molecule has 0 fully saturated rings. The number of nitrogens with zero attached hydrogens (tertiary/aromatic N) is 1. The third-order valence-corrected chi connectivity index (χ3v) is 1.75. The van der Waals surface area contributed by atoms with Crippen molar-refractivity contribution in [3.63, 3.8) is 0 Å². The van der Waals surface area contributed by atoms with E-state index in [4.69, 9.17) is 0 Å². The maximum atomic E-state index is 12.6. The number of primary amides is 1. The largest absolute Gasteiger partial charge is 0.437 e. The van der Waals surface area contributed by atoms with Gasteiger partial charge >= 0.3 is 6.18 Å². The quantitative estimate of drug-likeness (QED) is 0.510. The Morgan fingerprint density at radius 2 is 1.83 bits per heavy atom. The average Bonchev–Trinajstić information content (AvgIpc) is 2.24. The highest BCUT2D eigenvalue weighted by molar-refractivity contribution is 6.04. The molecule has 18 heavy (non-hydrogen) atoms. The van der Waals surface area contributed by atoms with Gasteiger partial charge in [-0.3, -0.25) is 4.79 Å². The molecule has 8 heteroatoms. The fraction of sp³-hybridized carbons (Fsp3) is 0.200. The predicted molar refractivity (Wildman–Crippen MR) is 54.1 cm³/mol. The standard InChI is InChI=1S/C10H8F4N2O2/c11-7-3-1-6(2-4-7)9(10(12,13)14)16-18-5-8(15)17/h1-4H,5H2,(H2,15,17)/b16-9+. The van der Waals surface area contributed by atoms with Crippen LogP contribution >= 0.6 is 0 Å². The third-order valence-electron chi connectivity index (χ3n) is 1.75. The van der Waals surface area contributed by atoms with Crippen LogP contribution in [0.2, 0.25) is 0 Å². The first-order valence-corrected chi connectivity index (χ1v) is 4.62. The molecule has 0 aliphatic heterocycles. The third kappa shape index (κ3) is 4.04. The topological polar surface area (TPSA) is 64.7 Å². The van der Waals surface area contributed by atoms with Crippen LogP contribution in [0.15, 0.2) is 29.4 Å². The van der Waals surface area contributed by atoms with Gasteiger partial charge in [0.1, 0.15) is 5.82 Å². The Bertz CT molecular complexity index is 454. The fourth-order valence-electron chi connectivity index (χ4n) is 1.04. The minimum atomic E-state index is -4.80. The van der Waals surface area contributed by atoms with E-state index in [0.29, 0.717) is 0 Å². The highest BCUT2D eigenvalue weighted by Crippen LogP contribution is 2.23. The number of alkyl halides is 3. The van der Waals surface area contributed by atoms with Gasteiger partial charge < -0.3 is 10.6 Å². The number of oxime groups is 1. The van der Waals surface area contributed by atoms with Gasteiger partial charge in [-0.05, 0) is 24.3 Å². The summed E-state index contributed by atoms with van der Waals surface area (Å²) in [6.45, 7) is -0.777. The summed E-state index contributed by atoms with van der Waals surface area (Å²) >= 11 is 0. The lowest BCUT2D eigenvalue weighted by atomic mass is 10.1. The van der Waals surface area contributed by atoms with Crippen molar-refractivity contribution in [2.45, 2.75) is 6.18 Å². The lowest BCUT2D eigenvalue weighted by molar-refractivity contribution is -0.122. The van der Waals surface area contributed by atoms with E-state index >= 15 is 0 Å². The lowest BCUT2D eigenvalue weighted by Gasteiger charge is -2.09. The van der Waals surface area contributed by atoms with Crippen molar-refractivity contribution in [3.05, 3.63) is 35.6 Å². The maximum Gasteiger partial charge on any atom is 0.437 e. The fourth-order valence-corrected chi connectivity index (χ4v) is 1.04. The zero-order valence-electron chi connectivity index (χ0n) is 8.87. The van der Waals surface area contributed by atoms with Crippen LogP contribution in [0.3, 0.4) is 0 Å². The maximum absolute atomic E-state index is 12.6. The second-order valence-corrected chi connectivity index (χ2v) is 3.18. The Labute approximate surface area is 99.0 Å². The summed E-state index contributed by atoms with van der Waals surface area (Å²) in [6, 6.07) is 3.50. The Kier molecular flexibility index (Phi) is 4.24. The molecule has 0 radical (unpaired) electrons. The van der Waals surface area contributed by atoms with Gasteiger partial charge in [-0.1, -0.05) is 5.16 Å². The molecule has 0 aliphatic carbocycles. The summed E-state index contributed by atoms with van der Waals surface area (Å²) in [5.41, 5.74) is 2.93. The van der Waals surface area contributed by atoms with Gasteiger partial charge in [-0.15, -0.1) is 0 Å². The average molecular weight is 264 g/mol. The van der Waals surface area contributed by atoms with E-state index in [2.05, 4.69) is 15.7 Å². The van der Waals surface area contributed by atoms with E-state index in [-0.39, 0.29) is 5.56 Å². The SMILES string of the molecule is NC(=O)CO/N=C(\c1ccc(F)cc1)C(F)(F)F. The Balaban J connectivity index is 2.99. The Morgan fingerprint density at radius 3 is 2.28 bits per heavy atom. The number of benzene rings is 1. The van der Waals surface area contributed by atoms with Gasteiger partial charge in [0.15, 0.2) is 12.3 Å². The molecular weight excluding hydrogens is 256 g/mol. The van der Waals surface area contributed by atoms with Crippen molar-refractivity contribution in [3.8, 4) is 0 Å². The minimum absolute atomic E-state index is 0.381. The number of hydrogen-bond donors (Lipinski definition) is 1. The zero-order chi connectivity index (χ0) is 13.8. The predicted octanol–water partition coefficient (Wildman–Crippen LogP) is 1.59. The van der Waals surface area contributed by atoms with Crippen molar-refractivity contribution in [1.29, 1.82) is 0 Å². The van der Waals surface area contributed by atoms with Crippen LogP contribution in [0.4, 0.5) is 17.6 Å². The van der Waals surface area contributed by atoms with Crippen molar-refractivity contribution >= 4 is 11.6 Å². The van der Waals surface area contributed by atoms with Crippen LogP contribution in [0.25, 0.3) is 0 Å². The molecule has 98 valence electrons. The first-order chi connectivity index (χ1) is 8.30. The molecule has 0 heterocycles. The molecule has 0 aliphatic rings. The minimum Gasteiger partial charge on any atom is -0.385 e. The van der Waals surface area contributed by atoms with Crippen LogP contribution in [0.5, 0.6) is 0 Å². The van der Waals surface area contributed by atoms with Crippen molar-refractivity contribution < 1.29 is 27.2 Å². The smallest absolute Gasteiger partial charge is 0.385 e. The van der Waals surface area contributed by atoms with Gasteiger partial charge in [0.25, 0.3) is 5.91 Å². The summed E-state index contributed by atoms with van der Waals surface area (Å²) in [5.74, 6) is -1.64. The molecule has 0 aromatic heterocycles. The first-order valence-electron chi connectivity index (χ1n) is 4.62. The summed E-state index contributed by atoms with van der Waals surface area (Å²) < 4.78 is 50.4. The van der Waals surface area contributed by atoms with Gasteiger partial charge in [0, 0.05) is 5.56 Å². The van der Waals surface area contributed by atoms with E-state index < -0.39 is 30.2 Å². The van der Waals surface area contributed by atoms with Crippen LogP contribution in [0, 0.1) is 5.82 Å². The molecule has 2 N–H and O–H groups in total. The molecule has 0 unspecified atom stereocenters. The lowest BCUT2D eigenvalue weighted by Crippen LogP contribution is -2.25. The molecule has 1 aromatic rings. The first kappa shape index (κ1) is 13.9. The molecule has 0 saturated carbocycles. The van der Waals surface area contributed by atoms with Crippen LogP contribution < -0.4 is 5.73 Å². The number of carbonyl (C=O) groups is 1. The number of halogens is 4. The van der Waals surface area contributed by atoms with Crippen molar-refractivity contribution in [2.24, 2.45) is 10.9 Å². The summed E-state index contributed by atoms with van der Waals surface area (Å²) in [5, 5.41) is 2.80. The number of carbonyl (C=O) groups excluding carboxylic acids is 1. The van der Waals surface area contributed by atoms with Crippen LogP contribution in [-0.4, -0.2) is 24.4 Å². The Hall–Kier alpha value is -2.12. The van der Waals surface area contributed by atoms with E-state index in [9.17, 15) is 22.4 Å². The molecule has 0 saturated heterocycles. The zero-order valence-corrected chi connectivity index (χ0v) is 8.87. The normalized spacial score (nSPS) is 12.3. The highest BCUT2D eigenvalue weighted by atomic mass is 19.4. The number of amides is 1. The molecule has 1 rings (SSSR count). The van der Waals surface area contributed by atoms with Crippen LogP contribution in [-0.2, 0) is 9.63 Å². The molecule has 0 atom stereocenters. The summed E-state index contributed by atoms with van der Waals surface area (Å²) in [6.07, 6.45) is -4.80. The van der Waals surface area contributed by atoms with E-state index in [1.807, 2.05) is 0 Å². The number of rotatable bonds is 4. The molecule has 0 spiro atoms. The van der Waals surface area contributed by atoms with E-state index in [0.717, 1.165) is 24.3 Å². The highest BCUT2D eigenvalue weighted by Gasteiger charge is 2.37. The molecular formula is C10H8F4N2O2. The van der Waals surface area contributed by atoms with Gasteiger partial charge in [-0.2, -0.15) is 13.2 Å². The van der Waals surface area contributed by atoms with Crippen molar-refractivity contribution in [1.82, 2.24) is 0 Å². The summed E-state index contributed by atoms with van der Waals surface area (Å²) in [7, 11) is 0. The Morgan fingerprint density at radius 1 is 1.28 bits per heavy atom. The number of nitrogens with two attached hydrogens (primary N) is 1. The molecule has 0 bridgehead atoms. The van der Waals surface area contributed by atoms with Gasteiger partial charge in [-0.25, -0.2) is 4.39 Å². The number of hydrogen-bond acceptors (Lipinski definition) is 3. The van der Waals surface area contributed by atoms with Crippen molar-refractivity contribution in [2.75, 3.05) is 6.61 Å². The second kappa shape index (κ2) is 5.48. The van der Waals surface area contributed by atoms with E-state index in [1.165, 1.54) is 0 Å². The monoisotopic (exact) mass is 264 g/mol. The van der Waals surface area contributed by atoms with E-state index in [1.54, 1.807) is 0 Å². The molecule has 1 amide bonds. The van der Waals surface area contributed by atoms with Gasteiger partial charge in [0.05, 0.1) is 0 Å². The summed E-state index contributed by atoms with van der Waals surface area (Å²) in [4.78, 5) is 14.5. The van der Waals surface area contributed by atoms with Gasteiger partial charge in [0.2, 0.25) is 0 Å². The molecule has 1 aromatic carbocycles.